The third-order valence-corrected chi connectivity index (χ3v) is 5.85. The van der Waals surface area contributed by atoms with Gasteiger partial charge < -0.3 is 15.4 Å². The van der Waals surface area contributed by atoms with Crippen molar-refractivity contribution in [2.45, 2.75) is 52.6 Å². The maximum Gasteiger partial charge on any atom is 0.191 e. The largest absolute Gasteiger partial charge is 0.372 e. The van der Waals surface area contributed by atoms with E-state index in [0.717, 1.165) is 25.6 Å². The molecule has 0 aliphatic carbocycles. The lowest BCUT2D eigenvalue weighted by molar-refractivity contribution is 0.106. The van der Waals surface area contributed by atoms with E-state index < -0.39 is 0 Å². The molecule has 2 aromatic rings. The van der Waals surface area contributed by atoms with Gasteiger partial charge >= 0.3 is 0 Å². The van der Waals surface area contributed by atoms with Crippen molar-refractivity contribution in [1.29, 1.82) is 0 Å². The molecule has 1 heterocycles. The van der Waals surface area contributed by atoms with Gasteiger partial charge in [0.2, 0.25) is 0 Å². The van der Waals surface area contributed by atoms with Crippen molar-refractivity contribution in [2.75, 3.05) is 20.1 Å². The molecule has 5 nitrogen and oxygen atoms in total. The molecule has 1 aliphatic heterocycles. The molecule has 30 heavy (non-hydrogen) atoms. The Morgan fingerprint density at radius 2 is 1.73 bits per heavy atom. The average molecular weight is 409 g/mol. The van der Waals surface area contributed by atoms with Crippen molar-refractivity contribution in [2.24, 2.45) is 10.9 Å². The summed E-state index contributed by atoms with van der Waals surface area (Å²) in [5.74, 6) is 1.46. The molecule has 1 saturated heterocycles. The van der Waals surface area contributed by atoms with Gasteiger partial charge in [0.1, 0.15) is 0 Å². The van der Waals surface area contributed by atoms with Gasteiger partial charge in [0.15, 0.2) is 5.96 Å². The first kappa shape index (κ1) is 22.3. The molecule has 0 amide bonds. The van der Waals surface area contributed by atoms with Gasteiger partial charge in [-0.1, -0.05) is 61.5 Å². The van der Waals surface area contributed by atoms with Crippen molar-refractivity contribution in [3.8, 4) is 0 Å². The number of benzene rings is 2. The summed E-state index contributed by atoms with van der Waals surface area (Å²) in [5, 5.41) is 7.11. The number of aliphatic imine (C=N–C) groups is 1. The van der Waals surface area contributed by atoms with Crippen molar-refractivity contribution in [3.63, 3.8) is 0 Å². The summed E-state index contributed by atoms with van der Waals surface area (Å²) in [5.41, 5.74) is 3.63. The summed E-state index contributed by atoms with van der Waals surface area (Å²) in [6, 6.07) is 19.7. The number of ether oxygens (including phenoxy) is 1. The van der Waals surface area contributed by atoms with Gasteiger partial charge in [-0.05, 0) is 36.5 Å². The molecule has 0 saturated carbocycles. The van der Waals surface area contributed by atoms with Crippen LogP contribution in [-0.2, 0) is 24.5 Å². The van der Waals surface area contributed by atoms with E-state index in [1.54, 1.807) is 0 Å². The van der Waals surface area contributed by atoms with Crippen LogP contribution in [0, 0.1) is 5.92 Å². The number of nitrogens with one attached hydrogen (secondary N) is 2. The maximum atomic E-state index is 5.96. The Bertz CT molecular complexity index is 806. The molecule has 2 unspecified atom stereocenters. The van der Waals surface area contributed by atoms with Crippen molar-refractivity contribution in [3.05, 3.63) is 71.3 Å². The van der Waals surface area contributed by atoms with Crippen LogP contribution < -0.4 is 10.6 Å². The Hall–Kier alpha value is -2.37. The summed E-state index contributed by atoms with van der Waals surface area (Å²) >= 11 is 0. The van der Waals surface area contributed by atoms with E-state index in [2.05, 4.69) is 77.7 Å². The number of nitrogens with zero attached hydrogens (tertiary/aromatic N) is 2. The number of hydrogen-bond donors (Lipinski definition) is 2. The van der Waals surface area contributed by atoms with Gasteiger partial charge in [-0.2, -0.15) is 0 Å². The minimum Gasteiger partial charge on any atom is -0.372 e. The van der Waals surface area contributed by atoms with Crippen LogP contribution >= 0.6 is 0 Å². The van der Waals surface area contributed by atoms with E-state index in [4.69, 9.17) is 4.74 Å². The summed E-state index contributed by atoms with van der Waals surface area (Å²) in [4.78, 5) is 6.97. The second-order valence-electron chi connectivity index (χ2n) is 8.45. The van der Waals surface area contributed by atoms with Crippen LogP contribution in [0.4, 0.5) is 0 Å². The smallest absolute Gasteiger partial charge is 0.191 e. The van der Waals surface area contributed by atoms with Crippen LogP contribution in [0.1, 0.15) is 37.5 Å². The molecule has 0 bridgehead atoms. The van der Waals surface area contributed by atoms with E-state index >= 15 is 0 Å². The minimum atomic E-state index is 0.419. The lowest BCUT2D eigenvalue weighted by atomic mass is 10.1. The molecule has 0 spiro atoms. The van der Waals surface area contributed by atoms with Gasteiger partial charge in [0.25, 0.3) is 0 Å². The van der Waals surface area contributed by atoms with Crippen LogP contribution in [0.5, 0.6) is 0 Å². The summed E-state index contributed by atoms with van der Waals surface area (Å²) in [6.07, 6.45) is 0. The Morgan fingerprint density at radius 1 is 1.03 bits per heavy atom. The molecule has 5 heteroatoms. The zero-order chi connectivity index (χ0) is 21.3. The zero-order valence-corrected chi connectivity index (χ0v) is 18.8. The van der Waals surface area contributed by atoms with Gasteiger partial charge in [0.05, 0.1) is 13.2 Å². The molecule has 1 fully saturated rings. The third kappa shape index (κ3) is 6.31. The van der Waals surface area contributed by atoms with Crippen LogP contribution in [0.15, 0.2) is 59.6 Å². The van der Waals surface area contributed by atoms with E-state index in [9.17, 15) is 0 Å². The van der Waals surface area contributed by atoms with E-state index in [0.29, 0.717) is 31.2 Å². The minimum absolute atomic E-state index is 0.419. The third-order valence-electron chi connectivity index (χ3n) is 5.85. The molecular weight excluding hydrogens is 372 g/mol. The maximum absolute atomic E-state index is 5.96. The summed E-state index contributed by atoms with van der Waals surface area (Å²) < 4.78 is 5.96. The molecule has 0 aromatic heterocycles. The molecule has 162 valence electrons. The van der Waals surface area contributed by atoms with E-state index in [1.807, 2.05) is 25.2 Å². The molecule has 2 atom stereocenters. The van der Waals surface area contributed by atoms with Crippen molar-refractivity contribution < 1.29 is 4.74 Å². The first-order chi connectivity index (χ1) is 14.6. The zero-order valence-electron chi connectivity index (χ0n) is 18.8. The molecule has 2 N–H and O–H groups in total. The molecule has 0 radical (unpaired) electrons. The summed E-state index contributed by atoms with van der Waals surface area (Å²) in [7, 11) is 1.84. The van der Waals surface area contributed by atoms with Crippen LogP contribution in [-0.4, -0.2) is 43.1 Å². The van der Waals surface area contributed by atoms with Crippen LogP contribution in [0.25, 0.3) is 0 Å². The fourth-order valence-electron chi connectivity index (χ4n) is 3.89. The average Bonchev–Trinajstić information content (AvgIpc) is 3.13. The first-order valence-electron chi connectivity index (χ1n) is 11.0. The lowest BCUT2D eigenvalue weighted by Crippen LogP contribution is -2.46. The second-order valence-corrected chi connectivity index (χ2v) is 8.45. The Balaban J connectivity index is 1.52. The molecular formula is C25H36N4O. The quantitative estimate of drug-likeness (QED) is 0.515. The number of guanidine groups is 1. The molecule has 3 rings (SSSR count). The van der Waals surface area contributed by atoms with E-state index in [-0.39, 0.29) is 0 Å². The standard InChI is InChI=1S/C25H36N4O/c1-19(2)29-15-20(3)24(16-29)28-25(26-4)27-14-22-12-8-9-13-23(22)18-30-17-21-10-6-5-7-11-21/h5-13,19-20,24H,14-18H2,1-4H3,(H2,26,27,28). The number of rotatable bonds is 8. The van der Waals surface area contributed by atoms with Gasteiger partial charge in [-0.3, -0.25) is 9.89 Å². The van der Waals surface area contributed by atoms with Crippen LogP contribution in [0.3, 0.4) is 0 Å². The van der Waals surface area contributed by atoms with Gasteiger partial charge in [0, 0.05) is 38.8 Å². The Kier molecular flexibility index (Phi) is 8.29. The molecule has 2 aromatic carbocycles. The highest BCUT2D eigenvalue weighted by molar-refractivity contribution is 5.80. The fraction of sp³-hybridized carbons (Fsp3) is 0.480. The highest BCUT2D eigenvalue weighted by atomic mass is 16.5. The topological polar surface area (TPSA) is 48.9 Å². The van der Waals surface area contributed by atoms with Crippen LogP contribution in [0.2, 0.25) is 0 Å². The van der Waals surface area contributed by atoms with Crippen molar-refractivity contribution in [1.82, 2.24) is 15.5 Å². The Morgan fingerprint density at radius 3 is 2.40 bits per heavy atom. The normalized spacial score (nSPS) is 20.0. The monoisotopic (exact) mass is 408 g/mol. The Labute approximate surface area is 181 Å². The highest BCUT2D eigenvalue weighted by Crippen LogP contribution is 2.18. The predicted molar refractivity (Wildman–Crippen MR) is 124 cm³/mol. The van der Waals surface area contributed by atoms with Gasteiger partial charge in [-0.15, -0.1) is 0 Å². The van der Waals surface area contributed by atoms with Crippen molar-refractivity contribution >= 4 is 5.96 Å². The van der Waals surface area contributed by atoms with E-state index in [1.165, 1.54) is 16.7 Å². The predicted octanol–water partition coefficient (Wildman–Crippen LogP) is 3.80. The van der Waals surface area contributed by atoms with Gasteiger partial charge in [-0.25, -0.2) is 0 Å². The number of hydrogen-bond acceptors (Lipinski definition) is 3. The molecule has 1 aliphatic rings. The summed E-state index contributed by atoms with van der Waals surface area (Å²) in [6.45, 7) is 11.0. The lowest BCUT2D eigenvalue weighted by Gasteiger charge is -2.22. The number of likely N-dealkylation sites (tertiary alicyclic amines) is 1. The first-order valence-corrected chi connectivity index (χ1v) is 11.0. The fourth-order valence-corrected chi connectivity index (χ4v) is 3.89. The SMILES string of the molecule is CN=C(NCc1ccccc1COCc1ccccc1)NC1CN(C(C)C)CC1C. The second kappa shape index (κ2) is 11.1. The highest BCUT2D eigenvalue weighted by Gasteiger charge is 2.31.